The van der Waals surface area contributed by atoms with Gasteiger partial charge in [0.1, 0.15) is 12.2 Å². The van der Waals surface area contributed by atoms with E-state index in [1.165, 1.54) is 12.5 Å². The zero-order valence-electron chi connectivity index (χ0n) is 7.61. The summed E-state index contributed by atoms with van der Waals surface area (Å²) in [4.78, 5) is 7.65. The fourth-order valence-corrected chi connectivity index (χ4v) is 0.820. The van der Waals surface area contributed by atoms with Crippen molar-refractivity contribution < 1.29 is 4.74 Å². The Hall–Kier alpha value is -1.65. The molecule has 70 valence electrons. The van der Waals surface area contributed by atoms with Gasteiger partial charge in [0.15, 0.2) is 0 Å². The van der Waals surface area contributed by atoms with Crippen molar-refractivity contribution in [3.05, 3.63) is 18.1 Å². The van der Waals surface area contributed by atoms with Gasteiger partial charge in [-0.1, -0.05) is 0 Å². The molecule has 1 aromatic rings. The molecule has 3 N–H and O–H groups in total. The van der Waals surface area contributed by atoms with E-state index >= 15 is 0 Å². The Morgan fingerprint density at radius 2 is 2.31 bits per heavy atom. The molecule has 1 heterocycles. The van der Waals surface area contributed by atoms with E-state index in [0.717, 1.165) is 0 Å². The minimum Gasteiger partial charge on any atom is -0.474 e. The molecule has 13 heavy (non-hydrogen) atoms. The summed E-state index contributed by atoms with van der Waals surface area (Å²) in [6.45, 7) is 3.76. The van der Waals surface area contributed by atoms with Crippen molar-refractivity contribution in [2.45, 2.75) is 20.0 Å². The molecule has 0 atom stereocenters. The number of ether oxygens (including phenoxy) is 1. The molecular formula is C8H12N4O. The van der Waals surface area contributed by atoms with E-state index in [-0.39, 0.29) is 11.9 Å². The molecule has 0 radical (unpaired) electrons. The van der Waals surface area contributed by atoms with E-state index < -0.39 is 0 Å². The first-order valence-electron chi connectivity index (χ1n) is 3.92. The zero-order chi connectivity index (χ0) is 9.84. The Morgan fingerprint density at radius 1 is 1.62 bits per heavy atom. The second-order valence-corrected chi connectivity index (χ2v) is 2.82. The van der Waals surface area contributed by atoms with E-state index in [0.29, 0.717) is 11.4 Å². The number of nitrogens with one attached hydrogen (secondary N) is 1. The quantitative estimate of drug-likeness (QED) is 0.525. The highest BCUT2D eigenvalue weighted by Crippen LogP contribution is 2.13. The first-order chi connectivity index (χ1) is 6.11. The normalized spacial score (nSPS) is 10.1. The van der Waals surface area contributed by atoms with Crippen LogP contribution in [0.4, 0.5) is 0 Å². The lowest BCUT2D eigenvalue weighted by Gasteiger charge is -2.10. The molecule has 0 aliphatic carbocycles. The third-order valence-corrected chi connectivity index (χ3v) is 1.31. The van der Waals surface area contributed by atoms with Gasteiger partial charge >= 0.3 is 0 Å². The second-order valence-electron chi connectivity index (χ2n) is 2.82. The topological polar surface area (TPSA) is 84.9 Å². The van der Waals surface area contributed by atoms with Crippen molar-refractivity contribution in [1.82, 2.24) is 9.97 Å². The van der Waals surface area contributed by atoms with Crippen molar-refractivity contribution in [2.24, 2.45) is 5.73 Å². The smallest absolute Gasteiger partial charge is 0.227 e. The van der Waals surface area contributed by atoms with E-state index in [2.05, 4.69) is 9.97 Å². The molecule has 0 aliphatic heterocycles. The molecular weight excluding hydrogens is 168 g/mol. The standard InChI is InChI=1S/C8H12N4O/c1-5(2)13-8-6(7(9)10)3-11-4-12-8/h3-5H,1-2H3,(H3,9,10). The van der Waals surface area contributed by atoms with Crippen LogP contribution in [0.1, 0.15) is 19.4 Å². The van der Waals surface area contributed by atoms with Crippen molar-refractivity contribution in [2.75, 3.05) is 0 Å². The van der Waals surface area contributed by atoms with Crippen LogP contribution >= 0.6 is 0 Å². The summed E-state index contributed by atoms with van der Waals surface area (Å²) in [6, 6.07) is 0. The molecule has 0 unspecified atom stereocenters. The molecule has 0 bridgehead atoms. The molecule has 5 nitrogen and oxygen atoms in total. The number of nitrogens with two attached hydrogens (primary N) is 1. The number of hydrogen-bond acceptors (Lipinski definition) is 4. The molecule has 1 aromatic heterocycles. The van der Waals surface area contributed by atoms with Gasteiger partial charge in [-0.15, -0.1) is 0 Å². The van der Waals surface area contributed by atoms with Crippen molar-refractivity contribution in [1.29, 1.82) is 5.41 Å². The van der Waals surface area contributed by atoms with Gasteiger partial charge in [-0.3, -0.25) is 5.41 Å². The average molecular weight is 180 g/mol. The molecule has 0 amide bonds. The average Bonchev–Trinajstić information content (AvgIpc) is 2.03. The van der Waals surface area contributed by atoms with Crippen LogP contribution in [0.3, 0.4) is 0 Å². The van der Waals surface area contributed by atoms with Crippen LogP contribution in [0.25, 0.3) is 0 Å². The van der Waals surface area contributed by atoms with Gasteiger partial charge in [-0.25, -0.2) is 9.97 Å². The van der Waals surface area contributed by atoms with Crippen LogP contribution in [-0.2, 0) is 0 Å². The fraction of sp³-hybridized carbons (Fsp3) is 0.375. The predicted molar refractivity (Wildman–Crippen MR) is 48.8 cm³/mol. The maximum Gasteiger partial charge on any atom is 0.227 e. The van der Waals surface area contributed by atoms with Gasteiger partial charge in [-0.05, 0) is 13.8 Å². The number of nitrogens with zero attached hydrogens (tertiary/aromatic N) is 2. The lowest BCUT2D eigenvalue weighted by molar-refractivity contribution is 0.231. The fourth-order valence-electron chi connectivity index (χ4n) is 0.820. The Balaban J connectivity index is 2.98. The summed E-state index contributed by atoms with van der Waals surface area (Å²) >= 11 is 0. The number of nitrogen functional groups attached to an aromatic ring is 1. The molecule has 1 rings (SSSR count). The third-order valence-electron chi connectivity index (χ3n) is 1.31. The van der Waals surface area contributed by atoms with Gasteiger partial charge in [0.05, 0.1) is 11.7 Å². The maximum atomic E-state index is 7.24. The monoisotopic (exact) mass is 180 g/mol. The van der Waals surface area contributed by atoms with Gasteiger partial charge in [0.25, 0.3) is 0 Å². The number of aromatic nitrogens is 2. The summed E-state index contributed by atoms with van der Waals surface area (Å²) < 4.78 is 5.33. The Kier molecular flexibility index (Phi) is 2.79. The highest BCUT2D eigenvalue weighted by molar-refractivity contribution is 5.96. The summed E-state index contributed by atoms with van der Waals surface area (Å²) in [5.74, 6) is 0.272. The Labute approximate surface area is 76.5 Å². The maximum absolute atomic E-state index is 7.24. The largest absolute Gasteiger partial charge is 0.474 e. The predicted octanol–water partition coefficient (Wildman–Crippen LogP) is 0.548. The first kappa shape index (κ1) is 9.44. The molecule has 0 aromatic carbocycles. The third kappa shape index (κ3) is 2.40. The second kappa shape index (κ2) is 3.84. The lowest BCUT2D eigenvalue weighted by atomic mass is 10.3. The highest BCUT2D eigenvalue weighted by atomic mass is 16.5. The van der Waals surface area contributed by atoms with Crippen LogP contribution < -0.4 is 10.5 Å². The summed E-state index contributed by atoms with van der Waals surface area (Å²) in [7, 11) is 0. The molecule has 0 saturated heterocycles. The summed E-state index contributed by atoms with van der Waals surface area (Å²) in [5.41, 5.74) is 5.74. The van der Waals surface area contributed by atoms with E-state index in [4.69, 9.17) is 15.9 Å². The van der Waals surface area contributed by atoms with Crippen LogP contribution in [0.15, 0.2) is 12.5 Å². The molecule has 0 fully saturated rings. The summed E-state index contributed by atoms with van der Waals surface area (Å²) in [5, 5.41) is 7.24. The number of hydrogen-bond donors (Lipinski definition) is 2. The van der Waals surface area contributed by atoms with Crippen LogP contribution in [0, 0.1) is 5.41 Å². The summed E-state index contributed by atoms with van der Waals surface area (Å²) in [6.07, 6.45) is 2.84. The first-order valence-corrected chi connectivity index (χ1v) is 3.92. The van der Waals surface area contributed by atoms with Gasteiger partial charge < -0.3 is 10.5 Å². The molecule has 0 aliphatic rings. The minimum atomic E-state index is -0.0868. The van der Waals surface area contributed by atoms with Crippen molar-refractivity contribution in [3.8, 4) is 5.88 Å². The molecule has 0 saturated carbocycles. The highest BCUT2D eigenvalue weighted by Gasteiger charge is 2.08. The minimum absolute atomic E-state index is 0.00741. The zero-order valence-corrected chi connectivity index (χ0v) is 7.61. The van der Waals surface area contributed by atoms with E-state index in [1.54, 1.807) is 0 Å². The number of rotatable bonds is 3. The van der Waals surface area contributed by atoms with Crippen LogP contribution in [0.2, 0.25) is 0 Å². The van der Waals surface area contributed by atoms with Crippen molar-refractivity contribution in [3.63, 3.8) is 0 Å². The van der Waals surface area contributed by atoms with Gasteiger partial charge in [0, 0.05) is 6.20 Å². The van der Waals surface area contributed by atoms with Crippen LogP contribution in [-0.4, -0.2) is 21.9 Å². The van der Waals surface area contributed by atoms with E-state index in [1.807, 2.05) is 13.8 Å². The van der Waals surface area contributed by atoms with E-state index in [9.17, 15) is 0 Å². The van der Waals surface area contributed by atoms with Crippen LogP contribution in [0.5, 0.6) is 5.88 Å². The van der Waals surface area contributed by atoms with Gasteiger partial charge in [-0.2, -0.15) is 0 Å². The molecule has 5 heteroatoms. The van der Waals surface area contributed by atoms with Crippen molar-refractivity contribution >= 4 is 5.84 Å². The Bertz CT molecular complexity index is 311. The Morgan fingerprint density at radius 3 is 2.85 bits per heavy atom. The van der Waals surface area contributed by atoms with Gasteiger partial charge in [0.2, 0.25) is 5.88 Å². The number of amidine groups is 1. The molecule has 0 spiro atoms. The SMILES string of the molecule is CC(C)Oc1ncncc1C(=N)N. The lowest BCUT2D eigenvalue weighted by Crippen LogP contribution is -2.16.